The van der Waals surface area contributed by atoms with E-state index in [1.807, 2.05) is 6.07 Å². The van der Waals surface area contributed by atoms with Crippen LogP contribution in [0, 0.1) is 5.92 Å². The van der Waals surface area contributed by atoms with Gasteiger partial charge in [0.2, 0.25) is 0 Å². The molecule has 3 heteroatoms. The van der Waals surface area contributed by atoms with Crippen molar-refractivity contribution < 1.29 is 15.0 Å². The monoisotopic (exact) mass is 278 g/mol. The highest BCUT2D eigenvalue weighted by Crippen LogP contribution is 2.21. The standard InChI is InChI=1S/C17H26O3/c1-3-4-5-6-7-13(2)8-9-14-10-11-16(18)15(12-14)17(19)20/h10-13,18H,3-9H2,1-2H3,(H,19,20). The summed E-state index contributed by atoms with van der Waals surface area (Å²) in [6, 6.07) is 4.87. The summed E-state index contributed by atoms with van der Waals surface area (Å²) < 4.78 is 0. The number of hydrogen-bond acceptors (Lipinski definition) is 2. The van der Waals surface area contributed by atoms with Crippen molar-refractivity contribution in [3.63, 3.8) is 0 Å². The lowest BCUT2D eigenvalue weighted by Crippen LogP contribution is -2.01. The molecule has 0 fully saturated rings. The summed E-state index contributed by atoms with van der Waals surface area (Å²) in [5.74, 6) is -0.570. The largest absolute Gasteiger partial charge is 0.507 e. The van der Waals surface area contributed by atoms with Gasteiger partial charge in [-0.1, -0.05) is 52.0 Å². The Labute approximate surface area is 121 Å². The molecule has 112 valence electrons. The van der Waals surface area contributed by atoms with Crippen molar-refractivity contribution in [1.82, 2.24) is 0 Å². The summed E-state index contributed by atoms with van der Waals surface area (Å²) in [7, 11) is 0. The van der Waals surface area contributed by atoms with Gasteiger partial charge in [0.05, 0.1) is 0 Å². The van der Waals surface area contributed by atoms with Crippen LogP contribution in [0.3, 0.4) is 0 Å². The minimum Gasteiger partial charge on any atom is -0.507 e. The predicted octanol–water partition coefficient (Wildman–Crippen LogP) is 4.63. The van der Waals surface area contributed by atoms with Crippen LogP contribution in [0.4, 0.5) is 0 Å². The second kappa shape index (κ2) is 8.62. The molecule has 0 bridgehead atoms. The van der Waals surface area contributed by atoms with Crippen molar-refractivity contribution in [1.29, 1.82) is 0 Å². The van der Waals surface area contributed by atoms with Gasteiger partial charge in [0.15, 0.2) is 0 Å². The van der Waals surface area contributed by atoms with Crippen LogP contribution in [0.2, 0.25) is 0 Å². The van der Waals surface area contributed by atoms with Crippen LogP contribution in [0.15, 0.2) is 18.2 Å². The van der Waals surface area contributed by atoms with Gasteiger partial charge in [0.1, 0.15) is 11.3 Å². The topological polar surface area (TPSA) is 57.5 Å². The molecular weight excluding hydrogens is 252 g/mol. The first-order valence-corrected chi connectivity index (χ1v) is 7.59. The van der Waals surface area contributed by atoms with Crippen molar-refractivity contribution in [3.8, 4) is 5.75 Å². The van der Waals surface area contributed by atoms with Gasteiger partial charge in [0, 0.05) is 0 Å². The normalized spacial score (nSPS) is 12.3. The van der Waals surface area contributed by atoms with E-state index in [0.29, 0.717) is 5.92 Å². The Morgan fingerprint density at radius 3 is 2.60 bits per heavy atom. The van der Waals surface area contributed by atoms with Gasteiger partial charge in [-0.2, -0.15) is 0 Å². The number of rotatable bonds is 9. The number of unbranched alkanes of at least 4 members (excludes halogenated alkanes) is 3. The first-order chi connectivity index (χ1) is 9.54. The summed E-state index contributed by atoms with van der Waals surface area (Å²) in [6.45, 7) is 4.47. The zero-order valence-electron chi connectivity index (χ0n) is 12.6. The molecule has 0 aliphatic heterocycles. The molecule has 0 amide bonds. The molecule has 0 radical (unpaired) electrons. The predicted molar refractivity (Wildman–Crippen MR) is 81.3 cm³/mol. The quantitative estimate of drug-likeness (QED) is 0.647. The fourth-order valence-corrected chi connectivity index (χ4v) is 2.39. The van der Waals surface area contributed by atoms with Crippen molar-refractivity contribution >= 4 is 5.97 Å². The Morgan fingerprint density at radius 2 is 1.95 bits per heavy atom. The molecule has 3 nitrogen and oxygen atoms in total. The molecular formula is C17H26O3. The molecule has 1 rings (SSSR count). The van der Waals surface area contributed by atoms with Gasteiger partial charge in [-0.25, -0.2) is 4.79 Å². The maximum Gasteiger partial charge on any atom is 0.339 e. The zero-order valence-corrected chi connectivity index (χ0v) is 12.6. The van der Waals surface area contributed by atoms with E-state index in [2.05, 4.69) is 13.8 Å². The third kappa shape index (κ3) is 5.64. The Bertz CT molecular complexity index is 426. The van der Waals surface area contributed by atoms with E-state index < -0.39 is 5.97 Å². The zero-order chi connectivity index (χ0) is 15.0. The lowest BCUT2D eigenvalue weighted by Gasteiger charge is -2.11. The minimum absolute atomic E-state index is 0.00176. The van der Waals surface area contributed by atoms with E-state index in [1.165, 1.54) is 38.2 Å². The maximum absolute atomic E-state index is 11.0. The summed E-state index contributed by atoms with van der Waals surface area (Å²) in [5, 5.41) is 18.4. The molecule has 1 aromatic rings. The second-order valence-corrected chi connectivity index (χ2v) is 5.65. The molecule has 2 N–H and O–H groups in total. The second-order valence-electron chi connectivity index (χ2n) is 5.65. The third-order valence-corrected chi connectivity index (χ3v) is 3.77. The summed E-state index contributed by atoms with van der Waals surface area (Å²) in [5.41, 5.74) is 0.985. The number of hydrogen-bond donors (Lipinski definition) is 2. The fourth-order valence-electron chi connectivity index (χ4n) is 2.39. The van der Waals surface area contributed by atoms with Gasteiger partial charge in [0.25, 0.3) is 0 Å². The van der Waals surface area contributed by atoms with Gasteiger partial charge >= 0.3 is 5.97 Å². The number of benzene rings is 1. The van der Waals surface area contributed by atoms with E-state index in [9.17, 15) is 9.90 Å². The number of aromatic carboxylic acids is 1. The number of aromatic hydroxyl groups is 1. The first-order valence-electron chi connectivity index (χ1n) is 7.59. The van der Waals surface area contributed by atoms with Crippen LogP contribution in [0.25, 0.3) is 0 Å². The van der Waals surface area contributed by atoms with Crippen LogP contribution >= 0.6 is 0 Å². The molecule has 1 unspecified atom stereocenters. The van der Waals surface area contributed by atoms with E-state index in [-0.39, 0.29) is 11.3 Å². The number of phenols is 1. The van der Waals surface area contributed by atoms with Crippen LogP contribution in [0.1, 0.15) is 68.3 Å². The van der Waals surface area contributed by atoms with E-state index >= 15 is 0 Å². The Balaban J connectivity index is 2.41. The Hall–Kier alpha value is -1.51. The lowest BCUT2D eigenvalue weighted by molar-refractivity contribution is 0.0693. The van der Waals surface area contributed by atoms with Crippen LogP contribution < -0.4 is 0 Å². The molecule has 0 aromatic heterocycles. The van der Waals surface area contributed by atoms with Crippen molar-refractivity contribution in [2.24, 2.45) is 5.92 Å². The summed E-state index contributed by atoms with van der Waals surface area (Å²) in [6.07, 6.45) is 8.34. The third-order valence-electron chi connectivity index (χ3n) is 3.77. The van der Waals surface area contributed by atoms with Crippen molar-refractivity contribution in [2.45, 2.75) is 58.8 Å². The SMILES string of the molecule is CCCCCCC(C)CCc1ccc(O)c(C(=O)O)c1. The molecule has 20 heavy (non-hydrogen) atoms. The molecule has 0 saturated carbocycles. The maximum atomic E-state index is 11.0. The van der Waals surface area contributed by atoms with Gasteiger partial charge in [-0.05, 0) is 36.5 Å². The molecule has 0 spiro atoms. The Morgan fingerprint density at radius 1 is 1.20 bits per heavy atom. The minimum atomic E-state index is -1.07. The van der Waals surface area contributed by atoms with Crippen LogP contribution in [-0.4, -0.2) is 16.2 Å². The molecule has 1 aromatic carbocycles. The average Bonchev–Trinajstić information content (AvgIpc) is 2.42. The highest BCUT2D eigenvalue weighted by molar-refractivity contribution is 5.90. The smallest absolute Gasteiger partial charge is 0.339 e. The molecule has 1 atom stereocenters. The van der Waals surface area contributed by atoms with E-state index in [1.54, 1.807) is 6.07 Å². The number of carbonyl (C=O) groups is 1. The molecule has 0 saturated heterocycles. The molecule has 0 aliphatic carbocycles. The lowest BCUT2D eigenvalue weighted by atomic mass is 9.95. The van der Waals surface area contributed by atoms with Gasteiger partial charge in [-0.3, -0.25) is 0 Å². The highest BCUT2D eigenvalue weighted by Gasteiger charge is 2.10. The molecule has 0 aliphatic rings. The highest BCUT2D eigenvalue weighted by atomic mass is 16.4. The fraction of sp³-hybridized carbons (Fsp3) is 0.588. The van der Waals surface area contributed by atoms with Crippen molar-refractivity contribution in [3.05, 3.63) is 29.3 Å². The number of aryl methyl sites for hydroxylation is 1. The summed E-state index contributed by atoms with van der Waals surface area (Å²) in [4.78, 5) is 11.0. The van der Waals surface area contributed by atoms with Crippen LogP contribution in [0.5, 0.6) is 5.75 Å². The van der Waals surface area contributed by atoms with Gasteiger partial charge in [-0.15, -0.1) is 0 Å². The Kier molecular flexibility index (Phi) is 7.13. The average molecular weight is 278 g/mol. The van der Waals surface area contributed by atoms with Crippen LogP contribution in [-0.2, 0) is 6.42 Å². The number of carboxylic acids is 1. The summed E-state index contributed by atoms with van der Waals surface area (Å²) >= 11 is 0. The van der Waals surface area contributed by atoms with Gasteiger partial charge < -0.3 is 10.2 Å². The van der Waals surface area contributed by atoms with Crippen molar-refractivity contribution in [2.75, 3.05) is 0 Å². The molecule has 0 heterocycles. The number of carboxylic acid groups (broad SMARTS) is 1. The van der Waals surface area contributed by atoms with E-state index in [4.69, 9.17) is 5.11 Å². The first kappa shape index (κ1) is 16.5. The van der Waals surface area contributed by atoms with E-state index in [0.717, 1.165) is 18.4 Å².